The van der Waals surface area contributed by atoms with Gasteiger partial charge in [0.15, 0.2) is 0 Å². The van der Waals surface area contributed by atoms with Gasteiger partial charge < -0.3 is 4.90 Å². The molecule has 1 heteroatoms. The van der Waals surface area contributed by atoms with Gasteiger partial charge in [-0.25, -0.2) is 0 Å². The highest BCUT2D eigenvalue weighted by Crippen LogP contribution is 2.45. The lowest BCUT2D eigenvalue weighted by molar-refractivity contribution is 1.28. The van der Waals surface area contributed by atoms with Crippen molar-refractivity contribution in [1.29, 1.82) is 0 Å². The van der Waals surface area contributed by atoms with E-state index >= 15 is 0 Å². The summed E-state index contributed by atoms with van der Waals surface area (Å²) >= 11 is 0. The van der Waals surface area contributed by atoms with Crippen molar-refractivity contribution < 1.29 is 9.60 Å². The lowest BCUT2D eigenvalue weighted by Gasteiger charge is -2.29. The number of nitrogens with zero attached hydrogens (tertiary/aromatic N) is 1. The van der Waals surface area contributed by atoms with Crippen molar-refractivity contribution in [3.05, 3.63) is 249 Å². The fraction of sp³-hybridized carbons (Fsp3) is 0. The second-order valence-corrected chi connectivity index (χ2v) is 14.3. The lowest BCUT2D eigenvalue weighted by atomic mass is 9.89. The molecule has 0 aliphatic heterocycles. The van der Waals surface area contributed by atoms with E-state index in [1.165, 1.54) is 0 Å². The van der Waals surface area contributed by atoms with Crippen LogP contribution in [0.3, 0.4) is 0 Å². The quantitative estimate of drug-likeness (QED) is 0.142. The van der Waals surface area contributed by atoms with Crippen LogP contribution in [0.5, 0.6) is 0 Å². The zero-order chi connectivity index (χ0) is 45.5. The molecule has 0 bridgehead atoms. The third-order valence-electron chi connectivity index (χ3n) is 10.7. The topological polar surface area (TPSA) is 3.24 Å². The summed E-state index contributed by atoms with van der Waals surface area (Å²) in [4.78, 5) is 1.56. The average Bonchev–Trinajstić information content (AvgIpc) is 3.37. The minimum atomic E-state index is -0.331. The van der Waals surface area contributed by atoms with E-state index in [1.807, 2.05) is 170 Å². The summed E-state index contributed by atoms with van der Waals surface area (Å²) in [6, 6.07) is 64.3. The summed E-state index contributed by atoms with van der Waals surface area (Å²) in [7, 11) is 0. The van der Waals surface area contributed by atoms with E-state index in [1.54, 1.807) is 4.90 Å². The average molecular weight is 759 g/mol. The molecule has 10 aromatic carbocycles. The van der Waals surface area contributed by atoms with Gasteiger partial charge in [0, 0.05) is 16.9 Å². The predicted octanol–water partition coefficient (Wildman–Crippen LogP) is 16.3. The minimum Gasteiger partial charge on any atom is -0.310 e. The van der Waals surface area contributed by atoms with E-state index in [4.69, 9.17) is 0 Å². The van der Waals surface area contributed by atoms with Gasteiger partial charge in [-0.15, -0.1) is 0 Å². The summed E-state index contributed by atoms with van der Waals surface area (Å²) in [6.45, 7) is 0. The number of anilines is 3. The SMILES string of the molecule is [2H]c1c([2H])c(N(c2ccc(-c3ccc(-c4ccccc4)cc3)cc2)c2c([2H])c([2H])c(-c3c(-c4ccccc4)ccc4ccccc34)c([2H])c2[2H])c(-c2ccccc2)c([2H])c1-c1ccccc1. The van der Waals surface area contributed by atoms with E-state index in [9.17, 15) is 9.60 Å². The maximum absolute atomic E-state index is 9.95. The van der Waals surface area contributed by atoms with Crippen LogP contribution in [0.15, 0.2) is 249 Å². The second-order valence-electron chi connectivity index (χ2n) is 14.3. The van der Waals surface area contributed by atoms with Crippen molar-refractivity contribution in [1.82, 2.24) is 0 Å². The van der Waals surface area contributed by atoms with Crippen LogP contribution in [0, 0.1) is 0 Å². The van der Waals surface area contributed by atoms with Crippen LogP contribution in [-0.2, 0) is 0 Å². The van der Waals surface area contributed by atoms with Crippen LogP contribution in [0.2, 0.25) is 0 Å². The highest BCUT2D eigenvalue weighted by molar-refractivity contribution is 6.04. The summed E-state index contributed by atoms with van der Waals surface area (Å²) in [5, 5.41) is 1.67. The van der Waals surface area contributed by atoms with Crippen molar-refractivity contribution in [2.45, 2.75) is 0 Å². The third kappa shape index (κ3) is 7.23. The Bertz CT molecular complexity index is 3370. The first kappa shape index (κ1) is 28.6. The zero-order valence-corrected chi connectivity index (χ0v) is 32.1. The Balaban J connectivity index is 1.24. The molecule has 0 saturated carbocycles. The standard InChI is InChI=1S/C58H41N/c1-5-15-42(16-6-1)44-25-27-45(28-26-44)46-29-35-52(36-30-46)59(57-40-34-51(43-17-7-2-8-18-43)41-56(57)48-21-11-4-12-22-48)53-37-31-50(32-38-53)58-54-24-14-13-23-49(54)33-39-55(58)47-19-9-3-10-20-47/h1-41H/i31D,32D,34D,37D,38D,40D,41D. The van der Waals surface area contributed by atoms with Gasteiger partial charge in [0.1, 0.15) is 0 Å². The zero-order valence-electron chi connectivity index (χ0n) is 39.1. The monoisotopic (exact) mass is 758 g/mol. The molecule has 0 heterocycles. The van der Waals surface area contributed by atoms with Crippen LogP contribution in [0.4, 0.5) is 17.1 Å². The summed E-state index contributed by atoms with van der Waals surface area (Å²) < 4.78 is 68.9. The molecule has 10 rings (SSSR count). The van der Waals surface area contributed by atoms with Gasteiger partial charge in [0.2, 0.25) is 0 Å². The Hall–Kier alpha value is -7.74. The number of benzene rings is 10. The lowest BCUT2D eigenvalue weighted by Crippen LogP contribution is -2.11. The van der Waals surface area contributed by atoms with Crippen LogP contribution in [-0.4, -0.2) is 0 Å². The molecule has 0 aliphatic rings. The van der Waals surface area contributed by atoms with Gasteiger partial charge in [-0.1, -0.05) is 212 Å². The highest BCUT2D eigenvalue weighted by atomic mass is 15.1. The van der Waals surface area contributed by atoms with Crippen molar-refractivity contribution in [2.75, 3.05) is 4.90 Å². The fourth-order valence-electron chi connectivity index (χ4n) is 7.73. The van der Waals surface area contributed by atoms with E-state index in [0.717, 1.165) is 44.2 Å². The Morgan fingerprint density at radius 2 is 0.729 bits per heavy atom. The second kappa shape index (κ2) is 16.0. The molecular weight excluding hydrogens is 711 g/mol. The third-order valence-corrected chi connectivity index (χ3v) is 10.7. The number of hydrogen-bond acceptors (Lipinski definition) is 1. The molecule has 0 spiro atoms. The smallest absolute Gasteiger partial charge is 0.0645 e. The predicted molar refractivity (Wildman–Crippen MR) is 251 cm³/mol. The van der Waals surface area contributed by atoms with Crippen molar-refractivity contribution in [2.24, 2.45) is 0 Å². The molecule has 0 unspecified atom stereocenters. The van der Waals surface area contributed by atoms with E-state index < -0.39 is 0 Å². The molecule has 278 valence electrons. The molecule has 0 atom stereocenters. The van der Waals surface area contributed by atoms with Crippen LogP contribution in [0.1, 0.15) is 9.60 Å². The molecule has 0 amide bonds. The molecule has 0 aromatic heterocycles. The first-order valence-corrected chi connectivity index (χ1v) is 19.7. The van der Waals surface area contributed by atoms with Gasteiger partial charge in [-0.3, -0.25) is 0 Å². The maximum atomic E-state index is 9.95. The van der Waals surface area contributed by atoms with E-state index in [-0.39, 0.29) is 64.8 Å². The van der Waals surface area contributed by atoms with Gasteiger partial charge in [0.05, 0.1) is 15.3 Å². The van der Waals surface area contributed by atoms with Crippen molar-refractivity contribution in [3.63, 3.8) is 0 Å². The summed E-state index contributed by atoms with van der Waals surface area (Å²) in [5.41, 5.74) is 8.63. The minimum absolute atomic E-state index is 0.00124. The molecule has 0 radical (unpaired) electrons. The molecule has 0 N–H and O–H groups in total. The number of fused-ring (bicyclic) bond motifs is 1. The number of rotatable bonds is 9. The molecule has 0 fully saturated rings. The Kier molecular flexibility index (Phi) is 7.77. The van der Waals surface area contributed by atoms with Gasteiger partial charge >= 0.3 is 0 Å². The molecule has 0 saturated heterocycles. The van der Waals surface area contributed by atoms with E-state index in [2.05, 4.69) is 36.4 Å². The van der Waals surface area contributed by atoms with Gasteiger partial charge in [-0.05, 0) is 108 Å². The fourth-order valence-corrected chi connectivity index (χ4v) is 7.73. The molecular formula is C58H41N. The molecule has 0 aliphatic carbocycles. The molecule has 1 nitrogen and oxygen atoms in total. The first-order valence-electron chi connectivity index (χ1n) is 23.2. The Morgan fingerprint density at radius 1 is 0.288 bits per heavy atom. The first-order chi connectivity index (χ1) is 32.2. The van der Waals surface area contributed by atoms with Crippen LogP contribution in [0.25, 0.3) is 77.5 Å². The normalized spacial score (nSPS) is 12.7. The largest absolute Gasteiger partial charge is 0.310 e. The van der Waals surface area contributed by atoms with Crippen LogP contribution >= 0.6 is 0 Å². The van der Waals surface area contributed by atoms with Crippen LogP contribution < -0.4 is 4.90 Å². The van der Waals surface area contributed by atoms with Gasteiger partial charge in [-0.2, -0.15) is 0 Å². The summed E-state index contributed by atoms with van der Waals surface area (Å²) in [6.07, 6.45) is 0. The highest BCUT2D eigenvalue weighted by Gasteiger charge is 2.20. The molecule has 10 aromatic rings. The van der Waals surface area contributed by atoms with Crippen molar-refractivity contribution in [3.8, 4) is 66.8 Å². The summed E-state index contributed by atoms with van der Waals surface area (Å²) in [5.74, 6) is 0. The Labute approximate surface area is 356 Å². The number of hydrogen-bond donors (Lipinski definition) is 0. The Morgan fingerprint density at radius 3 is 1.31 bits per heavy atom. The maximum Gasteiger partial charge on any atom is 0.0645 e. The van der Waals surface area contributed by atoms with Crippen molar-refractivity contribution >= 4 is 27.8 Å². The van der Waals surface area contributed by atoms with E-state index in [0.29, 0.717) is 27.9 Å². The van der Waals surface area contributed by atoms with Gasteiger partial charge in [0.25, 0.3) is 0 Å². The molecule has 59 heavy (non-hydrogen) atoms.